The molecule has 0 spiro atoms. The van der Waals surface area contributed by atoms with Gasteiger partial charge in [0.25, 0.3) is 5.89 Å². The highest BCUT2D eigenvalue weighted by Gasteiger charge is 2.45. The predicted molar refractivity (Wildman–Crippen MR) is 134 cm³/mol. The highest BCUT2D eigenvalue weighted by molar-refractivity contribution is 5.83. The van der Waals surface area contributed by atoms with Crippen molar-refractivity contribution in [3.05, 3.63) is 53.8 Å². The number of furan rings is 1. The Hall–Kier alpha value is -4.40. The lowest BCUT2D eigenvalue weighted by atomic mass is 9.96. The molecule has 11 heteroatoms. The number of hydrogen-bond donors (Lipinski definition) is 2. The van der Waals surface area contributed by atoms with Gasteiger partial charge in [0.1, 0.15) is 28.7 Å². The topological polar surface area (TPSA) is 153 Å². The predicted octanol–water partition coefficient (Wildman–Crippen LogP) is 5.06. The molecule has 3 heterocycles. The van der Waals surface area contributed by atoms with Crippen LogP contribution in [0.4, 0.5) is 4.79 Å². The van der Waals surface area contributed by atoms with Crippen LogP contribution in [0.15, 0.2) is 51.4 Å². The van der Waals surface area contributed by atoms with Gasteiger partial charge in [-0.25, -0.2) is 4.79 Å². The van der Waals surface area contributed by atoms with Gasteiger partial charge in [0.05, 0.1) is 25.4 Å². The highest BCUT2D eigenvalue weighted by atomic mass is 16.7. The molecular formula is C27H26N4O7. The Morgan fingerprint density at radius 1 is 1.16 bits per heavy atom. The Bertz CT molecular complexity index is 1520. The first-order chi connectivity index (χ1) is 18.2. The van der Waals surface area contributed by atoms with E-state index in [1.54, 1.807) is 50.2 Å². The summed E-state index contributed by atoms with van der Waals surface area (Å²) < 4.78 is 28.6. The van der Waals surface area contributed by atoms with Crippen molar-refractivity contribution in [3.63, 3.8) is 0 Å². The molecule has 0 saturated carbocycles. The molecule has 0 unspecified atom stereocenters. The molecule has 2 aromatic carbocycles. The minimum absolute atomic E-state index is 0.0418. The van der Waals surface area contributed by atoms with E-state index >= 15 is 0 Å². The van der Waals surface area contributed by atoms with E-state index in [1.165, 1.54) is 0 Å². The van der Waals surface area contributed by atoms with Crippen LogP contribution in [0.5, 0.6) is 5.75 Å². The number of nitrogens with zero attached hydrogens (tertiary/aromatic N) is 3. The van der Waals surface area contributed by atoms with Gasteiger partial charge in [0.15, 0.2) is 5.79 Å². The number of nitrogens with one attached hydrogen (secondary N) is 1. The summed E-state index contributed by atoms with van der Waals surface area (Å²) in [4.78, 5) is 16.1. The Morgan fingerprint density at radius 2 is 1.92 bits per heavy atom. The van der Waals surface area contributed by atoms with Gasteiger partial charge in [-0.15, -0.1) is 0 Å². The van der Waals surface area contributed by atoms with Gasteiger partial charge in [-0.05, 0) is 62.7 Å². The molecule has 11 nitrogen and oxygen atoms in total. The van der Waals surface area contributed by atoms with E-state index in [0.29, 0.717) is 51.6 Å². The van der Waals surface area contributed by atoms with Crippen LogP contribution in [0.25, 0.3) is 33.8 Å². The molecule has 1 amide bonds. The standard InChI is InChI=1S/C27H26N4O7/c1-4-9-34-20-7-6-17(11-19(20)13-28)24-29-23(31-38-24)16-5-8-21-18(10-16)12-22(37-21)27(30-25(32)33)14-35-26(2,3)36-15-27/h5-8,10-12,30H,4,9,14-15H2,1-3H3,(H,32,33). The summed E-state index contributed by atoms with van der Waals surface area (Å²) in [5, 5.41) is 26.3. The van der Waals surface area contributed by atoms with E-state index in [1.807, 2.05) is 13.0 Å². The van der Waals surface area contributed by atoms with Gasteiger partial charge in [-0.1, -0.05) is 12.1 Å². The van der Waals surface area contributed by atoms with E-state index in [9.17, 15) is 15.2 Å². The lowest BCUT2D eigenvalue weighted by molar-refractivity contribution is -0.274. The van der Waals surface area contributed by atoms with Gasteiger partial charge >= 0.3 is 6.09 Å². The summed E-state index contributed by atoms with van der Waals surface area (Å²) in [5.74, 6) is 0.641. The number of hydrogen-bond acceptors (Lipinski definition) is 9. The second-order valence-corrected chi connectivity index (χ2v) is 9.45. The maximum absolute atomic E-state index is 11.6. The number of benzene rings is 2. The number of ether oxygens (including phenoxy) is 3. The van der Waals surface area contributed by atoms with Crippen molar-refractivity contribution in [2.24, 2.45) is 0 Å². The highest BCUT2D eigenvalue weighted by Crippen LogP contribution is 2.36. The zero-order valence-corrected chi connectivity index (χ0v) is 21.1. The number of carboxylic acid groups (broad SMARTS) is 1. The molecule has 1 aliphatic rings. The van der Waals surface area contributed by atoms with Crippen LogP contribution in [-0.2, 0) is 15.0 Å². The van der Waals surface area contributed by atoms with Gasteiger partial charge in [-0.2, -0.15) is 10.2 Å². The fourth-order valence-corrected chi connectivity index (χ4v) is 4.12. The third kappa shape index (κ3) is 4.91. The summed E-state index contributed by atoms with van der Waals surface area (Å²) in [6.45, 7) is 6.12. The molecule has 38 heavy (non-hydrogen) atoms. The molecule has 2 N–H and O–H groups in total. The first-order valence-corrected chi connectivity index (χ1v) is 12.1. The van der Waals surface area contributed by atoms with Crippen molar-refractivity contribution in [1.82, 2.24) is 15.5 Å². The molecule has 0 atom stereocenters. The summed E-state index contributed by atoms with van der Waals surface area (Å²) in [7, 11) is 0. The van der Waals surface area contributed by atoms with Crippen molar-refractivity contribution >= 4 is 17.1 Å². The van der Waals surface area contributed by atoms with Crippen molar-refractivity contribution in [3.8, 4) is 34.7 Å². The molecule has 196 valence electrons. The molecule has 2 aromatic heterocycles. The van der Waals surface area contributed by atoms with Gasteiger partial charge in [0.2, 0.25) is 5.82 Å². The molecule has 4 aromatic rings. The number of carbonyl (C=O) groups is 1. The van der Waals surface area contributed by atoms with Crippen molar-refractivity contribution in [2.45, 2.75) is 38.5 Å². The Balaban J connectivity index is 1.43. The monoisotopic (exact) mass is 518 g/mol. The molecule has 1 fully saturated rings. The Labute approximate surface area is 217 Å². The number of nitriles is 1. The van der Waals surface area contributed by atoms with Crippen LogP contribution in [0.3, 0.4) is 0 Å². The summed E-state index contributed by atoms with van der Waals surface area (Å²) in [6.07, 6.45) is -0.388. The zero-order valence-electron chi connectivity index (χ0n) is 21.1. The smallest absolute Gasteiger partial charge is 0.405 e. The second kappa shape index (κ2) is 9.81. The average molecular weight is 519 g/mol. The molecule has 0 radical (unpaired) electrons. The van der Waals surface area contributed by atoms with Crippen LogP contribution >= 0.6 is 0 Å². The van der Waals surface area contributed by atoms with Crippen molar-refractivity contribution < 1.29 is 33.1 Å². The largest absolute Gasteiger partial charge is 0.492 e. The van der Waals surface area contributed by atoms with E-state index in [0.717, 1.165) is 6.42 Å². The normalized spacial score (nSPS) is 16.2. The van der Waals surface area contributed by atoms with Crippen LogP contribution in [-0.4, -0.2) is 46.9 Å². The van der Waals surface area contributed by atoms with Gasteiger partial charge in [-0.3, -0.25) is 0 Å². The summed E-state index contributed by atoms with van der Waals surface area (Å²) in [5.41, 5.74) is 0.986. The molecule has 1 aliphatic heterocycles. The number of fused-ring (bicyclic) bond motifs is 1. The first kappa shape index (κ1) is 25.3. The van der Waals surface area contributed by atoms with Crippen LogP contribution in [0.2, 0.25) is 0 Å². The van der Waals surface area contributed by atoms with E-state index in [-0.39, 0.29) is 19.1 Å². The number of amides is 1. The lowest BCUT2D eigenvalue weighted by Gasteiger charge is -2.41. The Morgan fingerprint density at radius 3 is 2.63 bits per heavy atom. The SMILES string of the molecule is CCCOc1ccc(-c2nc(-c3ccc4oc(C5(NC(=O)O)COC(C)(C)OC5)cc4c3)no2)cc1C#N. The fourth-order valence-electron chi connectivity index (χ4n) is 4.12. The maximum atomic E-state index is 11.6. The van der Waals surface area contributed by atoms with Gasteiger partial charge in [0, 0.05) is 16.5 Å². The first-order valence-electron chi connectivity index (χ1n) is 12.1. The van der Waals surface area contributed by atoms with Gasteiger partial charge < -0.3 is 33.6 Å². The maximum Gasteiger partial charge on any atom is 0.405 e. The third-order valence-corrected chi connectivity index (χ3v) is 6.16. The quantitative estimate of drug-likeness (QED) is 0.339. The van der Waals surface area contributed by atoms with E-state index in [2.05, 4.69) is 21.5 Å². The lowest BCUT2D eigenvalue weighted by Crippen LogP contribution is -2.58. The van der Waals surface area contributed by atoms with Crippen LogP contribution < -0.4 is 10.1 Å². The third-order valence-electron chi connectivity index (χ3n) is 6.16. The average Bonchev–Trinajstić information content (AvgIpc) is 3.56. The molecular weight excluding hydrogens is 492 g/mol. The van der Waals surface area contributed by atoms with E-state index < -0.39 is 17.4 Å². The minimum Gasteiger partial charge on any atom is -0.492 e. The van der Waals surface area contributed by atoms with Crippen molar-refractivity contribution in [2.75, 3.05) is 19.8 Å². The zero-order chi connectivity index (χ0) is 26.9. The summed E-state index contributed by atoms with van der Waals surface area (Å²) in [6, 6.07) is 14.4. The molecule has 5 rings (SSSR count). The molecule has 0 aliphatic carbocycles. The fraction of sp³-hybridized carbons (Fsp3) is 0.333. The van der Waals surface area contributed by atoms with Crippen LogP contribution in [0, 0.1) is 11.3 Å². The second-order valence-electron chi connectivity index (χ2n) is 9.45. The molecule has 1 saturated heterocycles. The number of aromatic nitrogens is 2. The minimum atomic E-state index is -1.22. The van der Waals surface area contributed by atoms with Crippen LogP contribution in [0.1, 0.15) is 38.5 Å². The Kier molecular flexibility index (Phi) is 6.52. The van der Waals surface area contributed by atoms with E-state index in [4.69, 9.17) is 23.2 Å². The number of rotatable bonds is 7. The molecule has 0 bridgehead atoms. The van der Waals surface area contributed by atoms with Crippen molar-refractivity contribution in [1.29, 1.82) is 5.26 Å². The summed E-state index contributed by atoms with van der Waals surface area (Å²) >= 11 is 0.